The maximum Gasteiger partial charge on any atom is 0.0857 e. The predicted molar refractivity (Wildman–Crippen MR) is 93.0 cm³/mol. The molecule has 2 aliphatic rings. The normalized spacial score (nSPS) is 27.1. The topological polar surface area (TPSA) is 34.2 Å². The lowest BCUT2D eigenvalue weighted by molar-refractivity contribution is -0.0657. The fourth-order valence-corrected chi connectivity index (χ4v) is 3.74. The minimum atomic E-state index is 0.340. The average Bonchev–Trinajstić information content (AvgIpc) is 3.00. The molecule has 2 unspecified atom stereocenters. The molecular weight excluding hydrogens is 292 g/mol. The third-order valence-corrected chi connectivity index (χ3v) is 4.88. The summed E-state index contributed by atoms with van der Waals surface area (Å²) in [4.78, 5) is 5.18. The zero-order valence-electron chi connectivity index (χ0n) is 15.3. The molecule has 2 atom stereocenters. The van der Waals surface area contributed by atoms with Crippen LogP contribution in [0.15, 0.2) is 0 Å². The molecule has 0 aliphatic carbocycles. The molecule has 136 valence electrons. The first-order valence-corrected chi connectivity index (χ1v) is 9.39. The van der Waals surface area contributed by atoms with Crippen LogP contribution >= 0.6 is 0 Å². The van der Waals surface area contributed by atoms with Crippen molar-refractivity contribution in [3.8, 4) is 0 Å². The van der Waals surface area contributed by atoms with Crippen molar-refractivity contribution >= 4 is 0 Å². The molecule has 2 aliphatic heterocycles. The molecule has 5 heteroatoms. The first-order valence-electron chi connectivity index (χ1n) is 9.39. The van der Waals surface area contributed by atoms with Gasteiger partial charge in [0.25, 0.3) is 0 Å². The summed E-state index contributed by atoms with van der Waals surface area (Å²) in [6.45, 7) is 12.4. The van der Waals surface area contributed by atoms with Gasteiger partial charge in [0.15, 0.2) is 0 Å². The van der Waals surface area contributed by atoms with E-state index < -0.39 is 0 Å². The second kappa shape index (κ2) is 10.6. The van der Waals surface area contributed by atoms with Crippen LogP contribution < -0.4 is 0 Å². The highest BCUT2D eigenvalue weighted by molar-refractivity contribution is 4.89. The van der Waals surface area contributed by atoms with E-state index in [1.807, 2.05) is 0 Å². The SMILES string of the molecule is COCCCN1CCOC(C2CCCN2CCCOC(C)C)C1. The summed E-state index contributed by atoms with van der Waals surface area (Å²) in [5.41, 5.74) is 0. The molecule has 2 heterocycles. The average molecular weight is 328 g/mol. The lowest BCUT2D eigenvalue weighted by atomic mass is 10.1. The Kier molecular flexibility index (Phi) is 8.83. The van der Waals surface area contributed by atoms with E-state index in [0.717, 1.165) is 58.8 Å². The molecule has 0 radical (unpaired) electrons. The van der Waals surface area contributed by atoms with Gasteiger partial charge in [-0.15, -0.1) is 0 Å². The number of rotatable bonds is 10. The Morgan fingerprint density at radius 1 is 1.13 bits per heavy atom. The molecule has 0 amide bonds. The molecule has 0 spiro atoms. The second-order valence-electron chi connectivity index (χ2n) is 7.07. The van der Waals surface area contributed by atoms with E-state index in [0.29, 0.717) is 18.2 Å². The number of nitrogens with zero attached hydrogens (tertiary/aromatic N) is 2. The molecule has 0 aromatic rings. The molecule has 0 aromatic heterocycles. The smallest absolute Gasteiger partial charge is 0.0857 e. The monoisotopic (exact) mass is 328 g/mol. The van der Waals surface area contributed by atoms with Gasteiger partial charge in [0.05, 0.1) is 18.8 Å². The fraction of sp³-hybridized carbons (Fsp3) is 1.00. The van der Waals surface area contributed by atoms with Gasteiger partial charge < -0.3 is 14.2 Å². The van der Waals surface area contributed by atoms with Crippen LogP contribution in [-0.2, 0) is 14.2 Å². The van der Waals surface area contributed by atoms with E-state index in [-0.39, 0.29) is 0 Å². The van der Waals surface area contributed by atoms with Crippen LogP contribution in [0.25, 0.3) is 0 Å². The molecule has 0 aromatic carbocycles. The van der Waals surface area contributed by atoms with Crippen molar-refractivity contribution in [1.29, 1.82) is 0 Å². The highest BCUT2D eigenvalue weighted by Gasteiger charge is 2.34. The van der Waals surface area contributed by atoms with Gasteiger partial charge in [0.2, 0.25) is 0 Å². The molecule has 0 bridgehead atoms. The largest absolute Gasteiger partial charge is 0.385 e. The van der Waals surface area contributed by atoms with Crippen LogP contribution in [0.2, 0.25) is 0 Å². The third-order valence-electron chi connectivity index (χ3n) is 4.88. The summed E-state index contributed by atoms with van der Waals surface area (Å²) in [5, 5.41) is 0. The van der Waals surface area contributed by atoms with Crippen LogP contribution in [0.1, 0.15) is 39.5 Å². The van der Waals surface area contributed by atoms with Crippen molar-refractivity contribution in [2.45, 2.75) is 57.8 Å². The Labute approximate surface area is 142 Å². The van der Waals surface area contributed by atoms with Crippen LogP contribution in [-0.4, -0.2) is 87.7 Å². The van der Waals surface area contributed by atoms with Crippen molar-refractivity contribution < 1.29 is 14.2 Å². The number of morpholine rings is 1. The molecule has 2 rings (SSSR count). The summed E-state index contributed by atoms with van der Waals surface area (Å²) in [7, 11) is 1.78. The summed E-state index contributed by atoms with van der Waals surface area (Å²) in [6, 6.07) is 0.597. The Bertz CT molecular complexity index is 315. The maximum absolute atomic E-state index is 6.13. The van der Waals surface area contributed by atoms with E-state index in [1.165, 1.54) is 19.4 Å². The standard InChI is InChI=1S/C18H36N2O3/c1-16(2)22-13-6-10-20-9-4-7-17(20)18-15-19(11-14-23-18)8-5-12-21-3/h16-18H,4-15H2,1-3H3. The van der Waals surface area contributed by atoms with Crippen molar-refractivity contribution in [3.05, 3.63) is 0 Å². The predicted octanol–water partition coefficient (Wildman–Crippen LogP) is 2.00. The number of methoxy groups -OCH3 is 1. The Morgan fingerprint density at radius 2 is 1.96 bits per heavy atom. The summed E-state index contributed by atoms with van der Waals surface area (Å²) < 4.78 is 17.0. The first-order chi connectivity index (χ1) is 11.2. The molecule has 0 saturated carbocycles. The number of ether oxygens (including phenoxy) is 3. The van der Waals surface area contributed by atoms with Gasteiger partial charge in [-0.05, 0) is 46.1 Å². The van der Waals surface area contributed by atoms with E-state index in [9.17, 15) is 0 Å². The fourth-order valence-electron chi connectivity index (χ4n) is 3.74. The molecule has 0 N–H and O–H groups in total. The summed E-state index contributed by atoms with van der Waals surface area (Å²) in [6.07, 6.45) is 5.54. The van der Waals surface area contributed by atoms with E-state index in [4.69, 9.17) is 14.2 Å². The lowest BCUT2D eigenvalue weighted by Gasteiger charge is -2.39. The van der Waals surface area contributed by atoms with Gasteiger partial charge in [-0.2, -0.15) is 0 Å². The molecule has 2 fully saturated rings. The van der Waals surface area contributed by atoms with Crippen molar-refractivity contribution in [2.24, 2.45) is 0 Å². The van der Waals surface area contributed by atoms with E-state index in [1.54, 1.807) is 7.11 Å². The highest BCUT2D eigenvalue weighted by Crippen LogP contribution is 2.24. The number of likely N-dealkylation sites (tertiary alicyclic amines) is 1. The molecule has 23 heavy (non-hydrogen) atoms. The number of hydrogen-bond donors (Lipinski definition) is 0. The zero-order valence-corrected chi connectivity index (χ0v) is 15.3. The Balaban J connectivity index is 1.72. The molecule has 2 saturated heterocycles. The minimum Gasteiger partial charge on any atom is -0.385 e. The Hall–Kier alpha value is -0.200. The van der Waals surface area contributed by atoms with Gasteiger partial charge in [-0.1, -0.05) is 0 Å². The van der Waals surface area contributed by atoms with Crippen molar-refractivity contribution in [2.75, 3.05) is 59.7 Å². The van der Waals surface area contributed by atoms with Gasteiger partial charge >= 0.3 is 0 Å². The highest BCUT2D eigenvalue weighted by atomic mass is 16.5. The third kappa shape index (κ3) is 6.67. The maximum atomic E-state index is 6.13. The lowest BCUT2D eigenvalue weighted by Crippen LogP contribution is -2.52. The van der Waals surface area contributed by atoms with Gasteiger partial charge in [0.1, 0.15) is 0 Å². The second-order valence-corrected chi connectivity index (χ2v) is 7.07. The molecule has 5 nitrogen and oxygen atoms in total. The zero-order chi connectivity index (χ0) is 16.5. The van der Waals surface area contributed by atoms with Crippen molar-refractivity contribution in [1.82, 2.24) is 9.80 Å². The van der Waals surface area contributed by atoms with Gasteiger partial charge in [0, 0.05) is 52.5 Å². The number of hydrogen-bond acceptors (Lipinski definition) is 5. The quantitative estimate of drug-likeness (QED) is 0.573. The van der Waals surface area contributed by atoms with E-state index >= 15 is 0 Å². The first kappa shape index (κ1) is 19.1. The molecular formula is C18H36N2O3. The summed E-state index contributed by atoms with van der Waals surface area (Å²) >= 11 is 0. The summed E-state index contributed by atoms with van der Waals surface area (Å²) in [5.74, 6) is 0. The van der Waals surface area contributed by atoms with Crippen LogP contribution in [0.5, 0.6) is 0 Å². The van der Waals surface area contributed by atoms with Gasteiger partial charge in [-0.25, -0.2) is 0 Å². The van der Waals surface area contributed by atoms with Crippen LogP contribution in [0, 0.1) is 0 Å². The van der Waals surface area contributed by atoms with Crippen LogP contribution in [0.4, 0.5) is 0 Å². The minimum absolute atomic E-state index is 0.340. The van der Waals surface area contributed by atoms with Crippen LogP contribution in [0.3, 0.4) is 0 Å². The van der Waals surface area contributed by atoms with E-state index in [2.05, 4.69) is 23.6 Å². The van der Waals surface area contributed by atoms with Crippen molar-refractivity contribution in [3.63, 3.8) is 0 Å². The Morgan fingerprint density at radius 3 is 2.74 bits per heavy atom. The van der Waals surface area contributed by atoms with Gasteiger partial charge in [-0.3, -0.25) is 9.80 Å².